The summed E-state index contributed by atoms with van der Waals surface area (Å²) in [7, 11) is 0. The van der Waals surface area contributed by atoms with E-state index in [1.165, 1.54) is 12.0 Å². The zero-order chi connectivity index (χ0) is 18.6. The van der Waals surface area contributed by atoms with Crippen molar-refractivity contribution >= 4 is 23.4 Å². The molecule has 1 atom stereocenters. The third kappa shape index (κ3) is 3.91. The Balaban J connectivity index is 1.58. The van der Waals surface area contributed by atoms with Crippen LogP contribution in [0.15, 0.2) is 54.6 Å². The molecule has 1 saturated carbocycles. The van der Waals surface area contributed by atoms with E-state index < -0.39 is 6.04 Å². The molecule has 0 unspecified atom stereocenters. The van der Waals surface area contributed by atoms with Gasteiger partial charge in [-0.05, 0) is 37.5 Å². The maximum atomic E-state index is 12.5. The van der Waals surface area contributed by atoms with Crippen molar-refractivity contribution in [3.63, 3.8) is 0 Å². The van der Waals surface area contributed by atoms with Gasteiger partial charge in [-0.2, -0.15) is 0 Å². The van der Waals surface area contributed by atoms with Crippen molar-refractivity contribution in [3.05, 3.63) is 70.7 Å². The third-order valence-corrected chi connectivity index (χ3v) is 5.49. The summed E-state index contributed by atoms with van der Waals surface area (Å²) in [5, 5.41) is 6.09. The van der Waals surface area contributed by atoms with Crippen LogP contribution in [0.2, 0.25) is 5.02 Å². The summed E-state index contributed by atoms with van der Waals surface area (Å²) in [5.74, 6) is -0.535. The average Bonchev–Trinajstić information content (AvgIpc) is 2.61. The average molecular weight is 371 g/mol. The summed E-state index contributed by atoms with van der Waals surface area (Å²) in [4.78, 5) is 24.7. The second kappa shape index (κ2) is 7.92. The van der Waals surface area contributed by atoms with Gasteiger partial charge in [-0.25, -0.2) is 0 Å². The summed E-state index contributed by atoms with van der Waals surface area (Å²) in [6.45, 7) is 2.27. The zero-order valence-electron chi connectivity index (χ0n) is 14.8. The Hall–Kier alpha value is -2.33. The van der Waals surface area contributed by atoms with Crippen molar-refractivity contribution in [2.45, 2.75) is 37.6 Å². The van der Waals surface area contributed by atoms with Gasteiger partial charge in [-0.3, -0.25) is 9.59 Å². The van der Waals surface area contributed by atoms with Crippen LogP contribution in [0.1, 0.15) is 42.1 Å². The summed E-state index contributed by atoms with van der Waals surface area (Å²) < 4.78 is 0. The van der Waals surface area contributed by atoms with Crippen LogP contribution in [0, 0.1) is 0 Å². The fourth-order valence-corrected chi connectivity index (χ4v) is 3.58. The van der Waals surface area contributed by atoms with Crippen molar-refractivity contribution in [2.24, 2.45) is 0 Å². The number of rotatable bonds is 6. The summed E-state index contributed by atoms with van der Waals surface area (Å²) in [6, 6.07) is 16.5. The van der Waals surface area contributed by atoms with Crippen molar-refractivity contribution in [1.29, 1.82) is 0 Å². The van der Waals surface area contributed by atoms with Crippen LogP contribution in [0.25, 0.3) is 0 Å². The van der Waals surface area contributed by atoms with E-state index in [4.69, 9.17) is 11.6 Å². The van der Waals surface area contributed by atoms with E-state index in [1.54, 1.807) is 31.2 Å². The standard InChI is InChI=1S/C21H23ClN2O2/c1-15(24-20(26)17-10-5-6-11-18(17)22)19(25)23-14-21(12-7-13-21)16-8-3-2-4-9-16/h2-6,8-11,15H,7,12-14H2,1H3,(H,23,25)(H,24,26)/t15-/m1/s1. The Labute approximate surface area is 158 Å². The lowest BCUT2D eigenvalue weighted by Gasteiger charge is -2.42. The number of benzene rings is 2. The second-order valence-electron chi connectivity index (χ2n) is 6.89. The molecule has 26 heavy (non-hydrogen) atoms. The maximum absolute atomic E-state index is 12.5. The Kier molecular flexibility index (Phi) is 5.62. The molecule has 1 aliphatic carbocycles. The fraction of sp³-hybridized carbons (Fsp3) is 0.333. The van der Waals surface area contributed by atoms with E-state index in [1.807, 2.05) is 18.2 Å². The van der Waals surface area contributed by atoms with Gasteiger partial charge in [0.05, 0.1) is 10.6 Å². The number of carbonyl (C=O) groups excluding carboxylic acids is 2. The van der Waals surface area contributed by atoms with Crippen molar-refractivity contribution in [1.82, 2.24) is 10.6 Å². The van der Waals surface area contributed by atoms with E-state index in [0.29, 0.717) is 17.1 Å². The van der Waals surface area contributed by atoms with Gasteiger partial charge in [0, 0.05) is 12.0 Å². The summed E-state index contributed by atoms with van der Waals surface area (Å²) in [6.07, 6.45) is 3.30. The molecule has 2 aromatic carbocycles. The SMILES string of the molecule is C[C@@H](NC(=O)c1ccccc1Cl)C(=O)NCC1(c2ccccc2)CCC1. The molecule has 4 nitrogen and oxygen atoms in total. The van der Waals surface area contributed by atoms with Crippen LogP contribution in [-0.4, -0.2) is 24.4 Å². The topological polar surface area (TPSA) is 58.2 Å². The largest absolute Gasteiger partial charge is 0.353 e. The number of hydrogen-bond acceptors (Lipinski definition) is 2. The van der Waals surface area contributed by atoms with Gasteiger partial charge in [0.15, 0.2) is 0 Å². The van der Waals surface area contributed by atoms with Crippen LogP contribution in [-0.2, 0) is 10.2 Å². The molecule has 0 aliphatic heterocycles. The second-order valence-corrected chi connectivity index (χ2v) is 7.30. The quantitative estimate of drug-likeness (QED) is 0.814. The van der Waals surface area contributed by atoms with Gasteiger partial charge in [-0.15, -0.1) is 0 Å². The summed E-state index contributed by atoms with van der Waals surface area (Å²) in [5.41, 5.74) is 1.65. The molecule has 2 aromatic rings. The van der Waals surface area contributed by atoms with Gasteiger partial charge in [-0.1, -0.05) is 60.5 Å². The van der Waals surface area contributed by atoms with Crippen molar-refractivity contribution < 1.29 is 9.59 Å². The molecular formula is C21H23ClN2O2. The van der Waals surface area contributed by atoms with E-state index in [2.05, 4.69) is 22.8 Å². The molecule has 1 fully saturated rings. The number of hydrogen-bond donors (Lipinski definition) is 2. The predicted molar refractivity (Wildman–Crippen MR) is 103 cm³/mol. The Bertz CT molecular complexity index is 788. The van der Waals surface area contributed by atoms with Crippen LogP contribution in [0.5, 0.6) is 0 Å². The highest BCUT2D eigenvalue weighted by molar-refractivity contribution is 6.33. The minimum absolute atomic E-state index is 0.0172. The molecule has 0 aromatic heterocycles. The first-order valence-corrected chi connectivity index (χ1v) is 9.28. The Morgan fingerprint density at radius 2 is 1.73 bits per heavy atom. The van der Waals surface area contributed by atoms with Crippen LogP contribution in [0.4, 0.5) is 0 Å². The van der Waals surface area contributed by atoms with Gasteiger partial charge in [0.2, 0.25) is 5.91 Å². The maximum Gasteiger partial charge on any atom is 0.253 e. The van der Waals surface area contributed by atoms with Gasteiger partial charge >= 0.3 is 0 Å². The first kappa shape index (κ1) is 18.5. The Morgan fingerprint density at radius 3 is 2.35 bits per heavy atom. The molecule has 5 heteroatoms. The number of amides is 2. The molecular weight excluding hydrogens is 348 g/mol. The molecule has 0 bridgehead atoms. The third-order valence-electron chi connectivity index (χ3n) is 5.16. The lowest BCUT2D eigenvalue weighted by molar-refractivity contribution is -0.123. The van der Waals surface area contributed by atoms with Gasteiger partial charge in [0.25, 0.3) is 5.91 Å². The van der Waals surface area contributed by atoms with Crippen molar-refractivity contribution in [3.8, 4) is 0 Å². The molecule has 0 saturated heterocycles. The Morgan fingerprint density at radius 1 is 1.08 bits per heavy atom. The molecule has 0 radical (unpaired) electrons. The smallest absolute Gasteiger partial charge is 0.253 e. The predicted octanol–water partition coefficient (Wildman–Crippen LogP) is 3.70. The molecule has 0 spiro atoms. The lowest BCUT2D eigenvalue weighted by atomic mass is 9.64. The van der Waals surface area contributed by atoms with Crippen LogP contribution in [0.3, 0.4) is 0 Å². The highest BCUT2D eigenvalue weighted by atomic mass is 35.5. The molecule has 1 aliphatic rings. The van der Waals surface area contributed by atoms with Crippen LogP contribution >= 0.6 is 11.6 Å². The molecule has 2 N–H and O–H groups in total. The number of halogens is 1. The first-order valence-electron chi connectivity index (χ1n) is 8.90. The fourth-order valence-electron chi connectivity index (χ4n) is 3.36. The minimum atomic E-state index is -0.633. The van der Waals surface area contributed by atoms with Crippen molar-refractivity contribution in [2.75, 3.05) is 6.54 Å². The first-order chi connectivity index (χ1) is 12.5. The van der Waals surface area contributed by atoms with E-state index in [0.717, 1.165) is 12.8 Å². The monoisotopic (exact) mass is 370 g/mol. The van der Waals surface area contributed by atoms with Gasteiger partial charge < -0.3 is 10.6 Å². The minimum Gasteiger partial charge on any atom is -0.353 e. The van der Waals surface area contributed by atoms with E-state index in [-0.39, 0.29) is 17.2 Å². The highest BCUT2D eigenvalue weighted by Gasteiger charge is 2.39. The molecule has 136 valence electrons. The lowest BCUT2D eigenvalue weighted by Crippen LogP contribution is -2.51. The number of nitrogens with one attached hydrogen (secondary N) is 2. The summed E-state index contributed by atoms with van der Waals surface area (Å²) >= 11 is 6.04. The van der Waals surface area contributed by atoms with E-state index >= 15 is 0 Å². The van der Waals surface area contributed by atoms with E-state index in [9.17, 15) is 9.59 Å². The molecule has 0 heterocycles. The van der Waals surface area contributed by atoms with Crippen LogP contribution < -0.4 is 10.6 Å². The molecule has 2 amide bonds. The number of carbonyl (C=O) groups is 2. The molecule has 3 rings (SSSR count). The normalized spacial score (nSPS) is 16.2. The highest BCUT2D eigenvalue weighted by Crippen LogP contribution is 2.43. The zero-order valence-corrected chi connectivity index (χ0v) is 15.6. The van der Waals surface area contributed by atoms with Gasteiger partial charge in [0.1, 0.15) is 6.04 Å².